The van der Waals surface area contributed by atoms with Crippen molar-refractivity contribution in [3.63, 3.8) is 0 Å². The van der Waals surface area contributed by atoms with E-state index < -0.39 is 0 Å². The Morgan fingerprint density at radius 3 is 2.60 bits per heavy atom. The number of benzene rings is 2. The second-order valence-corrected chi connectivity index (χ2v) is 5.25. The fourth-order valence-electron chi connectivity index (χ4n) is 2.67. The molecule has 0 amide bonds. The van der Waals surface area contributed by atoms with Gasteiger partial charge >= 0.3 is 0 Å². The molecule has 0 spiro atoms. The van der Waals surface area contributed by atoms with Crippen LogP contribution in [0.4, 0.5) is 0 Å². The summed E-state index contributed by atoms with van der Waals surface area (Å²) in [4.78, 5) is 2.47. The molecule has 0 N–H and O–H groups in total. The lowest BCUT2D eigenvalue weighted by atomic mass is 10.0. The van der Waals surface area contributed by atoms with Crippen LogP contribution >= 0.6 is 0 Å². The molecule has 0 atom stereocenters. The largest absolute Gasteiger partial charge is 0.497 e. The molecule has 106 valence electrons. The first-order valence-corrected chi connectivity index (χ1v) is 7.22. The summed E-state index contributed by atoms with van der Waals surface area (Å²) in [7, 11) is 1.71. The van der Waals surface area contributed by atoms with Crippen molar-refractivity contribution in [2.45, 2.75) is 6.42 Å². The molecular weight excluding hydrogens is 250 g/mol. The monoisotopic (exact) mass is 271 g/mol. The van der Waals surface area contributed by atoms with Crippen LogP contribution in [0.5, 0.6) is 5.75 Å². The van der Waals surface area contributed by atoms with Crippen molar-refractivity contribution < 1.29 is 9.47 Å². The zero-order chi connectivity index (χ0) is 13.8. The summed E-state index contributed by atoms with van der Waals surface area (Å²) in [5.74, 6) is 0.915. The van der Waals surface area contributed by atoms with Gasteiger partial charge in [-0.1, -0.05) is 24.3 Å². The number of hydrogen-bond acceptors (Lipinski definition) is 3. The molecular formula is C17H21NO2. The Kier molecular flexibility index (Phi) is 4.19. The van der Waals surface area contributed by atoms with Gasteiger partial charge in [-0.05, 0) is 34.9 Å². The first kappa shape index (κ1) is 13.4. The van der Waals surface area contributed by atoms with Crippen molar-refractivity contribution in [1.29, 1.82) is 0 Å². The van der Waals surface area contributed by atoms with Crippen LogP contribution in [0, 0.1) is 0 Å². The van der Waals surface area contributed by atoms with E-state index >= 15 is 0 Å². The summed E-state index contributed by atoms with van der Waals surface area (Å²) in [6.45, 7) is 4.98. The zero-order valence-electron chi connectivity index (χ0n) is 12.0. The minimum atomic E-state index is 0.873. The van der Waals surface area contributed by atoms with Gasteiger partial charge in [-0.15, -0.1) is 0 Å². The highest BCUT2D eigenvalue weighted by Gasteiger charge is 2.09. The number of morpholine rings is 1. The third kappa shape index (κ3) is 3.11. The first-order valence-electron chi connectivity index (χ1n) is 7.22. The predicted octanol–water partition coefficient (Wildman–Crippen LogP) is 2.72. The lowest BCUT2D eigenvalue weighted by molar-refractivity contribution is 0.0384. The topological polar surface area (TPSA) is 21.7 Å². The minimum absolute atomic E-state index is 0.873. The van der Waals surface area contributed by atoms with Crippen LogP contribution in [-0.2, 0) is 11.2 Å². The summed E-state index contributed by atoms with van der Waals surface area (Å²) in [6, 6.07) is 12.9. The van der Waals surface area contributed by atoms with Gasteiger partial charge in [0.15, 0.2) is 0 Å². The standard InChI is InChI=1S/C17H21NO2/c1-19-17-5-4-15-12-14(2-3-16(15)13-17)6-7-18-8-10-20-11-9-18/h2-5,12-13H,6-11H2,1H3. The Balaban J connectivity index is 1.69. The molecule has 20 heavy (non-hydrogen) atoms. The molecule has 3 heteroatoms. The predicted molar refractivity (Wildman–Crippen MR) is 81.5 cm³/mol. The van der Waals surface area contributed by atoms with Crippen LogP contribution in [-0.4, -0.2) is 44.9 Å². The Morgan fingerprint density at radius 2 is 1.80 bits per heavy atom. The third-order valence-corrected chi connectivity index (χ3v) is 3.93. The Hall–Kier alpha value is -1.58. The molecule has 0 saturated carbocycles. The number of ether oxygens (including phenoxy) is 2. The number of rotatable bonds is 4. The molecule has 1 saturated heterocycles. The fraction of sp³-hybridized carbons (Fsp3) is 0.412. The van der Waals surface area contributed by atoms with E-state index in [2.05, 4.69) is 35.2 Å². The maximum absolute atomic E-state index is 5.38. The van der Waals surface area contributed by atoms with Gasteiger partial charge in [-0.2, -0.15) is 0 Å². The molecule has 0 bridgehead atoms. The van der Waals surface area contributed by atoms with Gasteiger partial charge in [-0.3, -0.25) is 4.90 Å². The second-order valence-electron chi connectivity index (χ2n) is 5.25. The summed E-state index contributed by atoms with van der Waals surface area (Å²) in [5.41, 5.74) is 1.40. The highest BCUT2D eigenvalue weighted by Crippen LogP contribution is 2.22. The van der Waals surface area contributed by atoms with Gasteiger partial charge in [0.25, 0.3) is 0 Å². The highest BCUT2D eigenvalue weighted by atomic mass is 16.5. The first-order chi connectivity index (χ1) is 9.85. The number of methoxy groups -OCH3 is 1. The van der Waals surface area contributed by atoms with E-state index in [1.165, 1.54) is 16.3 Å². The zero-order valence-corrected chi connectivity index (χ0v) is 12.0. The van der Waals surface area contributed by atoms with E-state index in [9.17, 15) is 0 Å². The smallest absolute Gasteiger partial charge is 0.119 e. The van der Waals surface area contributed by atoms with Crippen LogP contribution in [0.3, 0.4) is 0 Å². The quantitative estimate of drug-likeness (QED) is 0.853. The van der Waals surface area contributed by atoms with E-state index in [-0.39, 0.29) is 0 Å². The van der Waals surface area contributed by atoms with Crippen molar-refractivity contribution in [1.82, 2.24) is 4.90 Å². The maximum Gasteiger partial charge on any atom is 0.119 e. The van der Waals surface area contributed by atoms with E-state index in [1.54, 1.807) is 7.11 Å². The molecule has 0 unspecified atom stereocenters. The van der Waals surface area contributed by atoms with Crippen LogP contribution in [0.25, 0.3) is 10.8 Å². The molecule has 1 aliphatic heterocycles. The second kappa shape index (κ2) is 6.25. The molecule has 0 aliphatic carbocycles. The molecule has 3 nitrogen and oxygen atoms in total. The minimum Gasteiger partial charge on any atom is -0.497 e. The molecule has 1 aliphatic rings. The number of nitrogens with zero attached hydrogens (tertiary/aromatic N) is 1. The van der Waals surface area contributed by atoms with Crippen molar-refractivity contribution in [3.05, 3.63) is 42.0 Å². The summed E-state index contributed by atoms with van der Waals surface area (Å²) in [6.07, 6.45) is 1.10. The molecule has 3 rings (SSSR count). The van der Waals surface area contributed by atoms with E-state index in [0.29, 0.717) is 0 Å². The van der Waals surface area contributed by atoms with Crippen LogP contribution in [0.15, 0.2) is 36.4 Å². The summed E-state index contributed by atoms with van der Waals surface area (Å²) >= 11 is 0. The third-order valence-electron chi connectivity index (χ3n) is 3.93. The molecule has 0 aromatic heterocycles. The van der Waals surface area contributed by atoms with Crippen LogP contribution in [0.1, 0.15) is 5.56 Å². The van der Waals surface area contributed by atoms with Crippen molar-refractivity contribution in [2.75, 3.05) is 40.0 Å². The molecule has 0 radical (unpaired) electrons. The van der Waals surface area contributed by atoms with E-state index in [4.69, 9.17) is 9.47 Å². The number of fused-ring (bicyclic) bond motifs is 1. The van der Waals surface area contributed by atoms with Crippen molar-refractivity contribution in [3.8, 4) is 5.75 Å². The van der Waals surface area contributed by atoms with Crippen molar-refractivity contribution >= 4 is 10.8 Å². The fourth-order valence-corrected chi connectivity index (χ4v) is 2.67. The Morgan fingerprint density at radius 1 is 1.05 bits per heavy atom. The highest BCUT2D eigenvalue weighted by molar-refractivity contribution is 5.84. The Bertz CT molecular complexity index is 576. The molecule has 2 aromatic carbocycles. The average Bonchev–Trinajstić information content (AvgIpc) is 2.53. The maximum atomic E-state index is 5.38. The van der Waals surface area contributed by atoms with Gasteiger partial charge in [0, 0.05) is 19.6 Å². The van der Waals surface area contributed by atoms with Crippen molar-refractivity contribution in [2.24, 2.45) is 0 Å². The van der Waals surface area contributed by atoms with Gasteiger partial charge < -0.3 is 9.47 Å². The SMILES string of the molecule is COc1ccc2cc(CCN3CCOCC3)ccc2c1. The number of hydrogen-bond donors (Lipinski definition) is 0. The lowest BCUT2D eigenvalue weighted by Gasteiger charge is -2.26. The Labute approximate surface area is 120 Å². The average molecular weight is 271 g/mol. The van der Waals surface area contributed by atoms with Gasteiger partial charge in [0.2, 0.25) is 0 Å². The van der Waals surface area contributed by atoms with Gasteiger partial charge in [0.1, 0.15) is 5.75 Å². The normalized spacial score (nSPS) is 16.4. The lowest BCUT2D eigenvalue weighted by Crippen LogP contribution is -2.37. The van der Waals surface area contributed by atoms with Gasteiger partial charge in [0.05, 0.1) is 20.3 Å². The van der Waals surface area contributed by atoms with E-state index in [0.717, 1.165) is 45.0 Å². The molecule has 2 aromatic rings. The molecule has 1 heterocycles. The summed E-state index contributed by atoms with van der Waals surface area (Å²) < 4.78 is 10.6. The van der Waals surface area contributed by atoms with Gasteiger partial charge in [-0.25, -0.2) is 0 Å². The van der Waals surface area contributed by atoms with Crippen LogP contribution in [0.2, 0.25) is 0 Å². The van der Waals surface area contributed by atoms with Crippen LogP contribution < -0.4 is 4.74 Å². The summed E-state index contributed by atoms with van der Waals surface area (Å²) in [5, 5.41) is 2.52. The van der Waals surface area contributed by atoms with E-state index in [1.807, 2.05) is 6.07 Å². The molecule has 1 fully saturated rings.